The molecule has 0 aliphatic rings. The fourth-order valence-corrected chi connectivity index (χ4v) is 0.611. The predicted molar refractivity (Wildman–Crippen MR) is 36.9 cm³/mol. The van der Waals surface area contributed by atoms with Crippen molar-refractivity contribution >= 4 is 10.4 Å². The van der Waals surface area contributed by atoms with Gasteiger partial charge in [-0.1, -0.05) is 19.1 Å². The van der Waals surface area contributed by atoms with Crippen molar-refractivity contribution in [3.05, 3.63) is 12.2 Å². The Kier molecular flexibility index (Phi) is 4.26. The minimum Gasteiger partial charge on any atom is -0.264 e. The lowest BCUT2D eigenvalue weighted by atomic mass is 10.4. The van der Waals surface area contributed by atoms with Crippen LogP contribution in [-0.4, -0.2) is 19.6 Å². The molecule has 0 aliphatic heterocycles. The van der Waals surface area contributed by atoms with Crippen LogP contribution in [0, 0.1) is 0 Å². The number of allylic oxidation sites excluding steroid dienone is 1. The van der Waals surface area contributed by atoms with Crippen molar-refractivity contribution in [3.8, 4) is 0 Å². The van der Waals surface area contributed by atoms with Crippen LogP contribution in [0.25, 0.3) is 0 Å². The maximum absolute atomic E-state index is 9.89. The molecule has 0 heterocycles. The molecular weight excluding hydrogens is 156 g/mol. The second-order valence-corrected chi connectivity index (χ2v) is 2.68. The third-order valence-corrected chi connectivity index (χ3v) is 1.15. The third-order valence-electron chi connectivity index (χ3n) is 0.716. The molecule has 0 saturated heterocycles. The van der Waals surface area contributed by atoms with E-state index in [4.69, 9.17) is 4.55 Å². The van der Waals surface area contributed by atoms with E-state index in [1.54, 1.807) is 6.08 Å². The molecule has 0 aromatic carbocycles. The Morgan fingerprint density at radius 1 is 1.50 bits per heavy atom. The maximum atomic E-state index is 9.89. The highest BCUT2D eigenvalue weighted by Gasteiger charge is 1.99. The van der Waals surface area contributed by atoms with Crippen LogP contribution in [0.3, 0.4) is 0 Å². The van der Waals surface area contributed by atoms with E-state index in [0.29, 0.717) is 0 Å². The molecule has 1 N–H and O–H groups in total. The molecule has 0 aromatic heterocycles. The Morgan fingerprint density at radius 2 is 2.10 bits per heavy atom. The summed E-state index contributed by atoms with van der Waals surface area (Å²) in [5.41, 5.74) is 0. The molecule has 0 bridgehead atoms. The molecule has 0 rings (SSSR count). The summed E-state index contributed by atoms with van der Waals surface area (Å²) < 4.78 is 31.8. The van der Waals surface area contributed by atoms with Gasteiger partial charge in [0.15, 0.2) is 0 Å². The van der Waals surface area contributed by atoms with Gasteiger partial charge in [-0.05, 0) is 6.42 Å². The zero-order valence-corrected chi connectivity index (χ0v) is 6.47. The summed E-state index contributed by atoms with van der Waals surface area (Å²) >= 11 is 0. The van der Waals surface area contributed by atoms with Gasteiger partial charge in [0.05, 0.1) is 6.61 Å². The van der Waals surface area contributed by atoms with Gasteiger partial charge in [0, 0.05) is 0 Å². The molecule has 4 nitrogen and oxygen atoms in total. The minimum absolute atomic E-state index is 0.104. The minimum atomic E-state index is -4.26. The van der Waals surface area contributed by atoms with Crippen molar-refractivity contribution in [1.82, 2.24) is 0 Å². The quantitative estimate of drug-likeness (QED) is 0.495. The predicted octanol–water partition coefficient (Wildman–Crippen LogP) is 0.772. The lowest BCUT2D eigenvalue weighted by molar-refractivity contribution is 0.296. The topological polar surface area (TPSA) is 63.6 Å². The zero-order valence-electron chi connectivity index (χ0n) is 5.65. The van der Waals surface area contributed by atoms with Gasteiger partial charge in [0.2, 0.25) is 0 Å². The summed E-state index contributed by atoms with van der Waals surface area (Å²) in [6.07, 6.45) is 4.08. The molecular formula is C5H10O4S. The second kappa shape index (κ2) is 4.43. The van der Waals surface area contributed by atoms with Crippen LogP contribution in [0.5, 0.6) is 0 Å². The van der Waals surface area contributed by atoms with Crippen LogP contribution < -0.4 is 0 Å². The van der Waals surface area contributed by atoms with Crippen molar-refractivity contribution in [2.45, 2.75) is 13.3 Å². The molecule has 0 radical (unpaired) electrons. The van der Waals surface area contributed by atoms with Crippen LogP contribution in [-0.2, 0) is 14.6 Å². The number of hydrogen-bond donors (Lipinski definition) is 1. The van der Waals surface area contributed by atoms with Crippen LogP contribution in [0.15, 0.2) is 12.2 Å². The molecule has 0 spiro atoms. The Bertz CT molecular complexity index is 192. The summed E-state index contributed by atoms with van der Waals surface area (Å²) in [6.45, 7) is 1.80. The third kappa shape index (κ3) is 7.61. The fourth-order valence-electron chi connectivity index (χ4n) is 0.360. The summed E-state index contributed by atoms with van der Waals surface area (Å²) in [5, 5.41) is 0. The molecule has 0 amide bonds. The van der Waals surface area contributed by atoms with E-state index < -0.39 is 10.4 Å². The Labute approximate surface area is 60.5 Å². The summed E-state index contributed by atoms with van der Waals surface area (Å²) in [6, 6.07) is 0. The molecule has 0 saturated carbocycles. The second-order valence-electron chi connectivity index (χ2n) is 1.59. The zero-order chi connectivity index (χ0) is 8.04. The first-order valence-electron chi connectivity index (χ1n) is 2.83. The molecule has 0 aliphatic carbocycles. The summed E-state index contributed by atoms with van der Waals surface area (Å²) in [5.74, 6) is 0. The lowest BCUT2D eigenvalue weighted by Gasteiger charge is -1.91. The summed E-state index contributed by atoms with van der Waals surface area (Å²) in [4.78, 5) is 0. The van der Waals surface area contributed by atoms with Gasteiger partial charge in [0.1, 0.15) is 0 Å². The van der Waals surface area contributed by atoms with Gasteiger partial charge in [0.25, 0.3) is 0 Å². The lowest BCUT2D eigenvalue weighted by Crippen LogP contribution is -2.02. The van der Waals surface area contributed by atoms with E-state index in [-0.39, 0.29) is 6.61 Å². The van der Waals surface area contributed by atoms with Crippen molar-refractivity contribution in [3.63, 3.8) is 0 Å². The molecule has 60 valence electrons. The Morgan fingerprint density at radius 3 is 2.50 bits per heavy atom. The van der Waals surface area contributed by atoms with Crippen molar-refractivity contribution in [2.24, 2.45) is 0 Å². The molecule has 5 heteroatoms. The van der Waals surface area contributed by atoms with E-state index in [9.17, 15) is 8.42 Å². The number of hydrogen-bond acceptors (Lipinski definition) is 3. The van der Waals surface area contributed by atoms with Gasteiger partial charge in [-0.2, -0.15) is 8.42 Å². The molecule has 0 fully saturated rings. The smallest absolute Gasteiger partial charge is 0.264 e. The van der Waals surface area contributed by atoms with Crippen molar-refractivity contribution in [2.75, 3.05) is 6.61 Å². The van der Waals surface area contributed by atoms with Gasteiger partial charge >= 0.3 is 10.4 Å². The van der Waals surface area contributed by atoms with E-state index in [2.05, 4.69) is 4.18 Å². The van der Waals surface area contributed by atoms with Crippen molar-refractivity contribution < 1.29 is 17.2 Å². The highest BCUT2D eigenvalue weighted by Crippen LogP contribution is 1.87. The van der Waals surface area contributed by atoms with Crippen LogP contribution >= 0.6 is 0 Å². The number of rotatable bonds is 4. The average molecular weight is 166 g/mol. The van der Waals surface area contributed by atoms with Crippen LogP contribution in [0.1, 0.15) is 13.3 Å². The SMILES string of the molecule is CCC=CCOS(=O)(=O)O. The van der Waals surface area contributed by atoms with Crippen LogP contribution in [0.2, 0.25) is 0 Å². The molecule has 0 aromatic rings. The van der Waals surface area contributed by atoms with Gasteiger partial charge in [-0.15, -0.1) is 0 Å². The normalized spacial score (nSPS) is 12.6. The first kappa shape index (κ1) is 9.61. The first-order chi connectivity index (χ1) is 4.56. The van der Waals surface area contributed by atoms with E-state index in [1.807, 2.05) is 6.92 Å². The van der Waals surface area contributed by atoms with Gasteiger partial charge in [-0.25, -0.2) is 4.18 Å². The Hall–Kier alpha value is -0.390. The van der Waals surface area contributed by atoms with E-state index >= 15 is 0 Å². The highest BCUT2D eigenvalue weighted by molar-refractivity contribution is 7.80. The standard InChI is InChI=1S/C5H10O4S/c1-2-3-4-5-9-10(6,7)8/h3-4H,2,5H2,1H3,(H,6,7,8). The van der Waals surface area contributed by atoms with Crippen LogP contribution in [0.4, 0.5) is 0 Å². The first-order valence-corrected chi connectivity index (χ1v) is 4.19. The van der Waals surface area contributed by atoms with Gasteiger partial charge < -0.3 is 0 Å². The molecule has 0 atom stereocenters. The Balaban J connectivity index is 3.48. The maximum Gasteiger partial charge on any atom is 0.397 e. The molecule has 0 unspecified atom stereocenters. The van der Waals surface area contributed by atoms with Crippen molar-refractivity contribution in [1.29, 1.82) is 0 Å². The summed E-state index contributed by atoms with van der Waals surface area (Å²) in [7, 11) is -4.26. The van der Waals surface area contributed by atoms with E-state index in [1.165, 1.54) is 6.08 Å². The van der Waals surface area contributed by atoms with Gasteiger partial charge in [-0.3, -0.25) is 4.55 Å². The largest absolute Gasteiger partial charge is 0.397 e. The molecule has 10 heavy (non-hydrogen) atoms. The average Bonchev–Trinajstić information content (AvgIpc) is 1.78. The fraction of sp³-hybridized carbons (Fsp3) is 0.600. The highest BCUT2D eigenvalue weighted by atomic mass is 32.3. The van der Waals surface area contributed by atoms with E-state index in [0.717, 1.165) is 6.42 Å². The monoisotopic (exact) mass is 166 g/mol.